The summed E-state index contributed by atoms with van der Waals surface area (Å²) < 4.78 is 18.6. The number of amides is 1. The van der Waals surface area contributed by atoms with E-state index in [9.17, 15) is 9.18 Å². The second-order valence-corrected chi connectivity index (χ2v) is 5.29. The average Bonchev–Trinajstić information content (AvgIpc) is 2.76. The molecule has 0 bridgehead atoms. The van der Waals surface area contributed by atoms with Gasteiger partial charge in [-0.05, 0) is 37.5 Å². The molecule has 3 nitrogen and oxygen atoms in total. The Morgan fingerprint density at radius 1 is 1.44 bits per heavy atom. The van der Waals surface area contributed by atoms with Crippen molar-refractivity contribution >= 4 is 39.1 Å². The number of carbonyl (C=O) groups excluding carboxylic acids is 1. The van der Waals surface area contributed by atoms with Crippen LogP contribution in [0.25, 0.3) is 0 Å². The summed E-state index contributed by atoms with van der Waals surface area (Å²) >= 11 is 4.44. The number of halogens is 2. The minimum atomic E-state index is -0.432. The Morgan fingerprint density at radius 2 is 2.17 bits per heavy atom. The van der Waals surface area contributed by atoms with Crippen LogP contribution in [-0.2, 0) is 0 Å². The molecule has 0 saturated heterocycles. The molecule has 18 heavy (non-hydrogen) atoms. The Hall–Kier alpha value is -1.27. The Kier molecular flexibility index (Phi) is 3.77. The van der Waals surface area contributed by atoms with Crippen molar-refractivity contribution in [3.05, 3.63) is 44.6 Å². The molecule has 0 unspecified atom stereocenters. The predicted octanol–water partition coefficient (Wildman–Crippen LogP) is 3.91. The topological polar surface area (TPSA) is 42.0 Å². The fourth-order valence-corrected chi connectivity index (χ4v) is 2.46. The van der Waals surface area contributed by atoms with E-state index in [0.29, 0.717) is 21.3 Å². The Labute approximate surface area is 116 Å². The second-order valence-electron chi connectivity index (χ2n) is 3.80. The monoisotopic (exact) mass is 328 g/mol. The van der Waals surface area contributed by atoms with Crippen molar-refractivity contribution in [2.45, 2.75) is 13.8 Å². The van der Waals surface area contributed by atoms with Crippen molar-refractivity contribution in [3.63, 3.8) is 0 Å². The molecule has 1 amide bonds. The summed E-state index contributed by atoms with van der Waals surface area (Å²) in [5.41, 5.74) is 1.76. The van der Waals surface area contributed by atoms with Crippen LogP contribution in [-0.4, -0.2) is 10.3 Å². The number of nitrogens with one attached hydrogen (secondary N) is 1. The van der Waals surface area contributed by atoms with Crippen LogP contribution in [0.1, 0.15) is 21.6 Å². The summed E-state index contributed by atoms with van der Waals surface area (Å²) in [6.07, 6.45) is 0. The van der Waals surface area contributed by atoms with Gasteiger partial charge in [0, 0.05) is 15.4 Å². The summed E-state index contributed by atoms with van der Waals surface area (Å²) in [6.45, 7) is 3.39. The molecule has 0 spiro atoms. The van der Waals surface area contributed by atoms with Crippen LogP contribution in [0.5, 0.6) is 0 Å². The maximum atomic E-state index is 13.9. The van der Waals surface area contributed by atoms with Crippen LogP contribution >= 0.6 is 27.5 Å². The Bertz CT molecular complexity index is 612. The van der Waals surface area contributed by atoms with Gasteiger partial charge >= 0.3 is 0 Å². The van der Waals surface area contributed by atoms with Crippen molar-refractivity contribution in [3.8, 4) is 0 Å². The third-order valence-corrected chi connectivity index (χ3v) is 4.14. The van der Waals surface area contributed by atoms with Crippen molar-refractivity contribution in [1.82, 2.24) is 4.37 Å². The maximum absolute atomic E-state index is 13.9. The van der Waals surface area contributed by atoms with Crippen LogP contribution in [0.4, 0.5) is 10.1 Å². The number of rotatable bonds is 2. The number of anilines is 1. The van der Waals surface area contributed by atoms with Gasteiger partial charge in [0.1, 0.15) is 0 Å². The minimum absolute atomic E-state index is 0.173. The molecular weight excluding hydrogens is 319 g/mol. The highest BCUT2D eigenvalue weighted by Gasteiger charge is 2.15. The first kappa shape index (κ1) is 13.2. The van der Waals surface area contributed by atoms with Gasteiger partial charge in [-0.1, -0.05) is 15.9 Å². The molecule has 0 fully saturated rings. The molecule has 6 heteroatoms. The molecular formula is C12H10BrFN2OS. The number of nitrogens with zero attached hydrogens (tertiary/aromatic N) is 1. The number of carbonyl (C=O) groups is 1. The van der Waals surface area contributed by atoms with E-state index in [-0.39, 0.29) is 11.6 Å². The lowest BCUT2D eigenvalue weighted by molar-refractivity contribution is 0.102. The molecule has 1 heterocycles. The first-order valence-corrected chi connectivity index (χ1v) is 6.80. The normalized spacial score (nSPS) is 10.4. The second kappa shape index (κ2) is 5.16. The van der Waals surface area contributed by atoms with Crippen LogP contribution in [0, 0.1) is 19.7 Å². The maximum Gasteiger partial charge on any atom is 0.258 e. The third kappa shape index (κ3) is 2.44. The zero-order chi connectivity index (χ0) is 13.3. The van der Waals surface area contributed by atoms with Crippen molar-refractivity contribution in [2.24, 2.45) is 0 Å². The molecule has 0 saturated carbocycles. The van der Waals surface area contributed by atoms with E-state index in [1.54, 1.807) is 25.3 Å². The minimum Gasteiger partial charge on any atom is -0.319 e. The van der Waals surface area contributed by atoms with Crippen LogP contribution in [0.2, 0.25) is 0 Å². The van der Waals surface area contributed by atoms with E-state index in [1.165, 1.54) is 17.6 Å². The van der Waals surface area contributed by atoms with Gasteiger partial charge in [-0.25, -0.2) is 4.39 Å². The van der Waals surface area contributed by atoms with Gasteiger partial charge in [-0.3, -0.25) is 4.79 Å². The van der Waals surface area contributed by atoms with Crippen LogP contribution in [0.15, 0.2) is 22.0 Å². The summed E-state index contributed by atoms with van der Waals surface area (Å²) in [6, 6.07) is 3.23. The van der Waals surface area contributed by atoms with Gasteiger partial charge in [0.25, 0.3) is 5.91 Å². The average molecular weight is 329 g/mol. The third-order valence-electron chi connectivity index (χ3n) is 2.56. The van der Waals surface area contributed by atoms with E-state index >= 15 is 0 Å². The lowest BCUT2D eigenvalue weighted by Gasteiger charge is -2.08. The van der Waals surface area contributed by atoms with Gasteiger partial charge in [0.2, 0.25) is 0 Å². The number of hydrogen-bond donors (Lipinski definition) is 1. The van der Waals surface area contributed by atoms with Gasteiger partial charge in [0.05, 0.1) is 16.9 Å². The summed E-state index contributed by atoms with van der Waals surface area (Å²) in [4.78, 5) is 11.9. The zero-order valence-corrected chi connectivity index (χ0v) is 12.2. The summed E-state index contributed by atoms with van der Waals surface area (Å²) in [5.74, 6) is -0.777. The first-order valence-electron chi connectivity index (χ1n) is 5.17. The van der Waals surface area contributed by atoms with Crippen molar-refractivity contribution < 1.29 is 9.18 Å². The number of aryl methyl sites for hydroxylation is 1. The van der Waals surface area contributed by atoms with Gasteiger partial charge < -0.3 is 5.32 Å². The largest absolute Gasteiger partial charge is 0.319 e. The SMILES string of the molecule is Cc1nscc1C(=O)Nc1ccc(Br)c(C)c1F. The zero-order valence-electron chi connectivity index (χ0n) is 9.75. The van der Waals surface area contributed by atoms with E-state index in [1.807, 2.05) is 0 Å². The standard InChI is InChI=1S/C12H10BrFN2OS/c1-6-9(13)3-4-10(11(6)14)15-12(17)8-5-18-16-7(8)2/h3-5H,1-2H3,(H,15,17). The molecule has 0 aliphatic rings. The lowest BCUT2D eigenvalue weighted by Crippen LogP contribution is -2.13. The molecule has 1 aromatic heterocycles. The predicted molar refractivity (Wildman–Crippen MR) is 73.6 cm³/mol. The number of hydrogen-bond acceptors (Lipinski definition) is 3. The van der Waals surface area contributed by atoms with E-state index < -0.39 is 5.82 Å². The van der Waals surface area contributed by atoms with E-state index in [2.05, 4.69) is 25.6 Å². The van der Waals surface area contributed by atoms with Crippen molar-refractivity contribution in [1.29, 1.82) is 0 Å². The van der Waals surface area contributed by atoms with Gasteiger partial charge in [0.15, 0.2) is 5.82 Å². The first-order chi connectivity index (χ1) is 8.50. The van der Waals surface area contributed by atoms with Crippen LogP contribution < -0.4 is 5.32 Å². The Morgan fingerprint density at radius 3 is 2.78 bits per heavy atom. The number of benzene rings is 1. The molecule has 1 aromatic carbocycles. The summed E-state index contributed by atoms with van der Waals surface area (Å²) in [5, 5.41) is 4.20. The van der Waals surface area contributed by atoms with Crippen LogP contribution in [0.3, 0.4) is 0 Å². The molecule has 2 rings (SSSR count). The quantitative estimate of drug-likeness (QED) is 0.907. The van der Waals surface area contributed by atoms with E-state index in [0.717, 1.165) is 0 Å². The fourth-order valence-electron chi connectivity index (χ4n) is 1.46. The highest BCUT2D eigenvalue weighted by Crippen LogP contribution is 2.25. The smallest absolute Gasteiger partial charge is 0.258 e. The van der Waals surface area contributed by atoms with Gasteiger partial charge in [-0.2, -0.15) is 4.37 Å². The van der Waals surface area contributed by atoms with Crippen molar-refractivity contribution in [2.75, 3.05) is 5.32 Å². The molecule has 2 aromatic rings. The molecule has 0 aliphatic heterocycles. The highest BCUT2D eigenvalue weighted by molar-refractivity contribution is 9.10. The fraction of sp³-hybridized carbons (Fsp3) is 0.167. The molecule has 0 aliphatic carbocycles. The van der Waals surface area contributed by atoms with E-state index in [4.69, 9.17) is 0 Å². The molecule has 0 radical (unpaired) electrons. The molecule has 0 atom stereocenters. The summed E-state index contributed by atoms with van der Waals surface area (Å²) in [7, 11) is 0. The molecule has 1 N–H and O–H groups in total. The highest BCUT2D eigenvalue weighted by atomic mass is 79.9. The Balaban J connectivity index is 2.28. The lowest BCUT2D eigenvalue weighted by atomic mass is 10.2. The number of aromatic nitrogens is 1. The van der Waals surface area contributed by atoms with Gasteiger partial charge in [-0.15, -0.1) is 0 Å². The molecule has 94 valence electrons.